The predicted molar refractivity (Wildman–Crippen MR) is 109 cm³/mol. The molecule has 2 N–H and O–H groups in total. The fourth-order valence-electron chi connectivity index (χ4n) is 4.87. The molecule has 3 aliphatic heterocycles. The van der Waals surface area contributed by atoms with Gasteiger partial charge in [-0.15, -0.1) is 12.4 Å². The van der Waals surface area contributed by atoms with Crippen molar-refractivity contribution in [1.29, 1.82) is 0 Å². The third-order valence-corrected chi connectivity index (χ3v) is 6.18. The maximum Gasteiger partial charge on any atom is 0.227 e. The average molecular weight is 392 g/mol. The SMILES string of the molecule is CC(NC(=O)CC1CC2CCC(C1)N2)c1cccc(N2CCCC2=O)c1.Cl. The van der Waals surface area contributed by atoms with Crippen LogP contribution in [0.15, 0.2) is 24.3 Å². The molecule has 3 unspecified atom stereocenters. The van der Waals surface area contributed by atoms with Crippen LogP contribution in [0.5, 0.6) is 0 Å². The van der Waals surface area contributed by atoms with Crippen LogP contribution in [-0.2, 0) is 9.59 Å². The summed E-state index contributed by atoms with van der Waals surface area (Å²) in [6.07, 6.45) is 6.98. The van der Waals surface area contributed by atoms with Gasteiger partial charge in [0.2, 0.25) is 11.8 Å². The topological polar surface area (TPSA) is 61.4 Å². The summed E-state index contributed by atoms with van der Waals surface area (Å²) in [4.78, 5) is 26.3. The highest BCUT2D eigenvalue weighted by Gasteiger charge is 2.34. The minimum absolute atomic E-state index is 0. The van der Waals surface area contributed by atoms with Crippen LogP contribution >= 0.6 is 12.4 Å². The second-order valence-electron chi connectivity index (χ2n) is 8.21. The summed E-state index contributed by atoms with van der Waals surface area (Å²) < 4.78 is 0. The quantitative estimate of drug-likeness (QED) is 0.809. The molecular formula is C21H30ClN3O2. The molecule has 5 nitrogen and oxygen atoms in total. The molecule has 4 rings (SSSR count). The molecule has 0 saturated carbocycles. The first-order chi connectivity index (χ1) is 12.6. The van der Waals surface area contributed by atoms with Crippen LogP contribution < -0.4 is 15.5 Å². The smallest absolute Gasteiger partial charge is 0.227 e. The van der Waals surface area contributed by atoms with Gasteiger partial charge in [0.05, 0.1) is 6.04 Å². The summed E-state index contributed by atoms with van der Waals surface area (Å²) in [5, 5.41) is 6.79. The van der Waals surface area contributed by atoms with E-state index in [0.717, 1.165) is 37.1 Å². The minimum atomic E-state index is -0.0430. The Hall–Kier alpha value is -1.59. The maximum absolute atomic E-state index is 12.5. The summed E-state index contributed by atoms with van der Waals surface area (Å²) in [7, 11) is 0. The van der Waals surface area contributed by atoms with Crippen molar-refractivity contribution in [3.63, 3.8) is 0 Å². The van der Waals surface area contributed by atoms with Crippen LogP contribution in [0.2, 0.25) is 0 Å². The molecule has 3 heterocycles. The van der Waals surface area contributed by atoms with Gasteiger partial charge < -0.3 is 15.5 Å². The second-order valence-corrected chi connectivity index (χ2v) is 8.21. The number of rotatable bonds is 5. The number of piperidine rings is 1. The number of carbonyl (C=O) groups excluding carboxylic acids is 2. The van der Waals surface area contributed by atoms with Crippen LogP contribution in [-0.4, -0.2) is 30.4 Å². The molecular weight excluding hydrogens is 362 g/mol. The van der Waals surface area contributed by atoms with Gasteiger partial charge in [0.15, 0.2) is 0 Å². The van der Waals surface area contributed by atoms with Crippen molar-refractivity contribution in [2.75, 3.05) is 11.4 Å². The Morgan fingerprint density at radius 1 is 1.30 bits per heavy atom. The van der Waals surface area contributed by atoms with E-state index in [0.29, 0.717) is 30.8 Å². The normalized spacial score (nSPS) is 28.0. The van der Waals surface area contributed by atoms with Gasteiger partial charge in [0, 0.05) is 37.2 Å². The van der Waals surface area contributed by atoms with Crippen molar-refractivity contribution < 1.29 is 9.59 Å². The number of halogens is 1. The summed E-state index contributed by atoms with van der Waals surface area (Å²) in [6, 6.07) is 9.23. The molecule has 1 aromatic rings. The van der Waals surface area contributed by atoms with E-state index >= 15 is 0 Å². The maximum atomic E-state index is 12.5. The van der Waals surface area contributed by atoms with Gasteiger partial charge in [-0.25, -0.2) is 0 Å². The lowest BCUT2D eigenvalue weighted by molar-refractivity contribution is -0.123. The Morgan fingerprint density at radius 3 is 2.70 bits per heavy atom. The molecule has 148 valence electrons. The molecule has 6 heteroatoms. The lowest BCUT2D eigenvalue weighted by Crippen LogP contribution is -2.40. The lowest BCUT2D eigenvalue weighted by Gasteiger charge is -2.29. The standard InChI is InChI=1S/C21H29N3O2.ClH/c1-14(16-4-2-5-19(13-16)24-9-3-6-21(24)26)22-20(25)12-15-10-17-7-8-18(11-15)23-17;/h2,4-5,13-15,17-18,23H,3,6-12H2,1H3,(H,22,25);1H. The Balaban J connectivity index is 0.00000210. The largest absolute Gasteiger partial charge is 0.350 e. The Morgan fingerprint density at radius 2 is 2.04 bits per heavy atom. The molecule has 0 aliphatic carbocycles. The molecule has 0 aromatic heterocycles. The van der Waals surface area contributed by atoms with E-state index in [1.165, 1.54) is 12.8 Å². The van der Waals surface area contributed by atoms with E-state index in [1.807, 2.05) is 36.1 Å². The minimum Gasteiger partial charge on any atom is -0.350 e. The summed E-state index contributed by atoms with van der Waals surface area (Å²) in [5.41, 5.74) is 2.00. The van der Waals surface area contributed by atoms with E-state index < -0.39 is 0 Å². The zero-order valence-electron chi connectivity index (χ0n) is 15.9. The third kappa shape index (κ3) is 4.64. The Bertz CT molecular complexity index is 684. The summed E-state index contributed by atoms with van der Waals surface area (Å²) in [5.74, 6) is 0.848. The first-order valence-corrected chi connectivity index (χ1v) is 10.0. The number of fused-ring (bicyclic) bond motifs is 2. The van der Waals surface area contributed by atoms with Crippen molar-refractivity contribution in [3.8, 4) is 0 Å². The number of nitrogens with one attached hydrogen (secondary N) is 2. The zero-order chi connectivity index (χ0) is 18.1. The molecule has 0 spiro atoms. The fraction of sp³-hybridized carbons (Fsp3) is 0.619. The van der Waals surface area contributed by atoms with Crippen molar-refractivity contribution in [1.82, 2.24) is 10.6 Å². The average Bonchev–Trinajstić information content (AvgIpc) is 3.20. The Kier molecular flexibility index (Phi) is 6.43. The predicted octanol–water partition coefficient (Wildman–Crippen LogP) is 3.33. The Labute approximate surface area is 167 Å². The molecule has 2 amide bonds. The number of amides is 2. The molecule has 3 aliphatic rings. The highest BCUT2D eigenvalue weighted by atomic mass is 35.5. The highest BCUT2D eigenvalue weighted by molar-refractivity contribution is 5.95. The molecule has 3 atom stereocenters. The fourth-order valence-corrected chi connectivity index (χ4v) is 4.87. The number of hydrogen-bond acceptors (Lipinski definition) is 3. The highest BCUT2D eigenvalue weighted by Crippen LogP contribution is 2.33. The van der Waals surface area contributed by atoms with Gasteiger partial charge in [-0.2, -0.15) is 0 Å². The van der Waals surface area contributed by atoms with Gasteiger partial charge >= 0.3 is 0 Å². The lowest BCUT2D eigenvalue weighted by atomic mass is 9.89. The molecule has 2 bridgehead atoms. The molecule has 1 aromatic carbocycles. The number of anilines is 1. The van der Waals surface area contributed by atoms with Crippen molar-refractivity contribution >= 4 is 29.9 Å². The molecule has 27 heavy (non-hydrogen) atoms. The first kappa shape index (κ1) is 20.2. The second kappa shape index (κ2) is 8.61. The monoisotopic (exact) mass is 391 g/mol. The van der Waals surface area contributed by atoms with Crippen LogP contribution in [0.3, 0.4) is 0 Å². The van der Waals surface area contributed by atoms with E-state index in [2.05, 4.69) is 10.6 Å². The zero-order valence-corrected chi connectivity index (χ0v) is 16.8. The van der Waals surface area contributed by atoms with Crippen molar-refractivity contribution in [2.24, 2.45) is 5.92 Å². The molecule has 0 radical (unpaired) electrons. The van der Waals surface area contributed by atoms with Crippen LogP contribution in [0.25, 0.3) is 0 Å². The number of nitrogens with zero attached hydrogens (tertiary/aromatic N) is 1. The molecule has 3 saturated heterocycles. The first-order valence-electron chi connectivity index (χ1n) is 10.0. The summed E-state index contributed by atoms with van der Waals surface area (Å²) in [6.45, 7) is 2.82. The van der Waals surface area contributed by atoms with Gasteiger partial charge in [0.1, 0.15) is 0 Å². The molecule has 3 fully saturated rings. The number of benzene rings is 1. The van der Waals surface area contributed by atoms with Gasteiger partial charge in [-0.1, -0.05) is 12.1 Å². The summed E-state index contributed by atoms with van der Waals surface area (Å²) >= 11 is 0. The number of hydrogen-bond donors (Lipinski definition) is 2. The van der Waals surface area contributed by atoms with Gasteiger partial charge in [-0.05, 0) is 62.6 Å². The third-order valence-electron chi connectivity index (χ3n) is 6.18. The van der Waals surface area contributed by atoms with E-state index in [-0.39, 0.29) is 30.3 Å². The van der Waals surface area contributed by atoms with Crippen LogP contribution in [0.1, 0.15) is 63.5 Å². The van der Waals surface area contributed by atoms with E-state index in [1.54, 1.807) is 0 Å². The van der Waals surface area contributed by atoms with E-state index in [4.69, 9.17) is 0 Å². The van der Waals surface area contributed by atoms with Gasteiger partial charge in [0.25, 0.3) is 0 Å². The van der Waals surface area contributed by atoms with Crippen molar-refractivity contribution in [3.05, 3.63) is 29.8 Å². The van der Waals surface area contributed by atoms with Crippen molar-refractivity contribution in [2.45, 2.75) is 70.0 Å². The number of carbonyl (C=O) groups is 2. The van der Waals surface area contributed by atoms with Crippen LogP contribution in [0, 0.1) is 5.92 Å². The van der Waals surface area contributed by atoms with E-state index in [9.17, 15) is 9.59 Å². The van der Waals surface area contributed by atoms with Crippen LogP contribution in [0.4, 0.5) is 5.69 Å². The van der Waals surface area contributed by atoms with Gasteiger partial charge in [-0.3, -0.25) is 9.59 Å².